The number of terminal acetylenes is 1. The molecule has 180 valence electrons. The van der Waals surface area contributed by atoms with E-state index in [1.807, 2.05) is 19.1 Å². The van der Waals surface area contributed by atoms with E-state index in [0.29, 0.717) is 32.0 Å². The molecule has 1 amide bonds. The van der Waals surface area contributed by atoms with E-state index < -0.39 is 11.7 Å². The van der Waals surface area contributed by atoms with Gasteiger partial charge in [-0.05, 0) is 65.3 Å². The van der Waals surface area contributed by atoms with Crippen molar-refractivity contribution in [1.29, 1.82) is 0 Å². The molecule has 0 saturated carbocycles. The van der Waals surface area contributed by atoms with Crippen molar-refractivity contribution in [1.82, 2.24) is 9.97 Å². The maximum absolute atomic E-state index is 14.9. The summed E-state index contributed by atoms with van der Waals surface area (Å²) in [5, 5.41) is 2.69. The molecule has 0 radical (unpaired) electrons. The molecule has 7 heteroatoms. The molecule has 1 aliphatic rings. The zero-order chi connectivity index (χ0) is 25.2. The Balaban J connectivity index is 1.68. The fraction of sp³-hybridized carbons (Fsp3) is 0.321. The summed E-state index contributed by atoms with van der Waals surface area (Å²) in [5.41, 5.74) is 4.78. The van der Waals surface area contributed by atoms with Gasteiger partial charge in [0.05, 0.1) is 24.6 Å². The van der Waals surface area contributed by atoms with Gasteiger partial charge >= 0.3 is 0 Å². The van der Waals surface area contributed by atoms with Crippen LogP contribution in [-0.4, -0.2) is 42.2 Å². The second-order valence-corrected chi connectivity index (χ2v) is 9.62. The van der Waals surface area contributed by atoms with Gasteiger partial charge in [-0.25, -0.2) is 9.37 Å². The molecule has 3 heterocycles. The first kappa shape index (κ1) is 24.4. The summed E-state index contributed by atoms with van der Waals surface area (Å²) in [4.78, 5) is 23.7. The van der Waals surface area contributed by atoms with Gasteiger partial charge in [0.25, 0.3) is 5.91 Å². The van der Waals surface area contributed by atoms with Crippen LogP contribution in [0.3, 0.4) is 0 Å². The maximum Gasteiger partial charge on any atom is 0.274 e. The van der Waals surface area contributed by atoms with Crippen LogP contribution < -0.4 is 10.2 Å². The number of nitrogens with zero attached hydrogens (tertiary/aromatic N) is 3. The molecule has 6 nitrogen and oxygen atoms in total. The van der Waals surface area contributed by atoms with Crippen LogP contribution in [0.4, 0.5) is 15.8 Å². The summed E-state index contributed by atoms with van der Waals surface area (Å²) in [6.45, 7) is 10.6. The van der Waals surface area contributed by atoms with E-state index >= 15 is 0 Å². The molecule has 0 bridgehead atoms. The molecular weight excluding hydrogens is 443 g/mol. The van der Waals surface area contributed by atoms with Crippen molar-refractivity contribution in [3.05, 3.63) is 71.1 Å². The smallest absolute Gasteiger partial charge is 0.274 e. The molecule has 1 saturated heterocycles. The fourth-order valence-corrected chi connectivity index (χ4v) is 4.04. The second-order valence-electron chi connectivity index (χ2n) is 9.62. The van der Waals surface area contributed by atoms with Crippen LogP contribution >= 0.6 is 0 Å². The maximum atomic E-state index is 14.9. The number of carbonyl (C=O) groups excluding carboxylic acids is 1. The quantitative estimate of drug-likeness (QED) is 0.544. The molecule has 3 aromatic rings. The Morgan fingerprint density at radius 2 is 1.91 bits per heavy atom. The van der Waals surface area contributed by atoms with Gasteiger partial charge in [-0.15, -0.1) is 6.42 Å². The van der Waals surface area contributed by atoms with Crippen molar-refractivity contribution < 1.29 is 13.9 Å². The van der Waals surface area contributed by atoms with Gasteiger partial charge in [0, 0.05) is 31.0 Å². The third-order valence-electron chi connectivity index (χ3n) is 6.09. The van der Waals surface area contributed by atoms with E-state index in [1.54, 1.807) is 24.5 Å². The lowest BCUT2D eigenvalue weighted by molar-refractivity contribution is 0.102. The van der Waals surface area contributed by atoms with Gasteiger partial charge in [-0.3, -0.25) is 9.78 Å². The molecule has 1 aromatic carbocycles. The predicted molar refractivity (Wildman–Crippen MR) is 136 cm³/mol. The number of anilines is 2. The molecule has 1 aliphatic heterocycles. The number of hydrogen-bond donors (Lipinski definition) is 1. The number of benzene rings is 1. The lowest BCUT2D eigenvalue weighted by atomic mass is 9.87. The Morgan fingerprint density at radius 1 is 1.17 bits per heavy atom. The van der Waals surface area contributed by atoms with Crippen LogP contribution in [0.25, 0.3) is 11.1 Å². The average molecular weight is 473 g/mol. The van der Waals surface area contributed by atoms with Crippen molar-refractivity contribution in [2.45, 2.75) is 33.1 Å². The predicted octanol–water partition coefficient (Wildman–Crippen LogP) is 4.96. The van der Waals surface area contributed by atoms with E-state index in [1.165, 1.54) is 6.07 Å². The van der Waals surface area contributed by atoms with Gasteiger partial charge in [0.1, 0.15) is 17.2 Å². The highest BCUT2D eigenvalue weighted by Gasteiger charge is 2.20. The number of nitrogens with one attached hydrogen (secondary N) is 1. The number of ether oxygens (including phenoxy) is 1. The number of rotatable bonds is 4. The number of amides is 1. The summed E-state index contributed by atoms with van der Waals surface area (Å²) in [7, 11) is 0. The van der Waals surface area contributed by atoms with Crippen LogP contribution in [0.1, 0.15) is 48.1 Å². The minimum atomic E-state index is -0.520. The van der Waals surface area contributed by atoms with Crippen LogP contribution in [0.2, 0.25) is 0 Å². The lowest BCUT2D eigenvalue weighted by Crippen LogP contribution is -2.36. The summed E-state index contributed by atoms with van der Waals surface area (Å²) >= 11 is 0. The molecule has 35 heavy (non-hydrogen) atoms. The van der Waals surface area contributed by atoms with E-state index in [-0.39, 0.29) is 16.8 Å². The van der Waals surface area contributed by atoms with E-state index in [4.69, 9.17) is 11.2 Å². The molecule has 1 fully saturated rings. The van der Waals surface area contributed by atoms with E-state index in [9.17, 15) is 9.18 Å². The first-order valence-electron chi connectivity index (χ1n) is 11.5. The van der Waals surface area contributed by atoms with E-state index in [0.717, 1.165) is 27.9 Å². The average Bonchev–Trinajstić information content (AvgIpc) is 2.85. The topological polar surface area (TPSA) is 67.4 Å². The number of halogens is 1. The SMILES string of the molecule is C#Cc1ncc(-c2cc(NC(=O)c3cc(C(C)(C)C)ccn3)c(F)cc2C)cc1N1CCOCC1. The number of morpholine rings is 1. The van der Waals surface area contributed by atoms with Crippen molar-refractivity contribution in [3.63, 3.8) is 0 Å². The van der Waals surface area contributed by atoms with Gasteiger partial charge in [0.15, 0.2) is 0 Å². The first-order valence-corrected chi connectivity index (χ1v) is 11.5. The van der Waals surface area contributed by atoms with Crippen molar-refractivity contribution in [3.8, 4) is 23.5 Å². The fourth-order valence-electron chi connectivity index (χ4n) is 4.04. The highest BCUT2D eigenvalue weighted by Crippen LogP contribution is 2.32. The van der Waals surface area contributed by atoms with Crippen LogP contribution in [0, 0.1) is 25.1 Å². The highest BCUT2D eigenvalue weighted by atomic mass is 19.1. The molecule has 0 unspecified atom stereocenters. The Hall–Kier alpha value is -3.76. The third kappa shape index (κ3) is 5.33. The Bertz CT molecular complexity index is 1300. The number of hydrogen-bond acceptors (Lipinski definition) is 5. The number of aryl methyl sites for hydroxylation is 1. The number of pyridine rings is 2. The van der Waals surface area contributed by atoms with Gasteiger partial charge in [-0.2, -0.15) is 0 Å². The van der Waals surface area contributed by atoms with Crippen molar-refractivity contribution in [2.24, 2.45) is 0 Å². The summed E-state index contributed by atoms with van der Waals surface area (Å²) in [6, 6.07) is 8.62. The zero-order valence-corrected chi connectivity index (χ0v) is 20.5. The van der Waals surface area contributed by atoms with Gasteiger partial charge < -0.3 is 15.0 Å². The van der Waals surface area contributed by atoms with Crippen LogP contribution in [0.5, 0.6) is 0 Å². The minimum absolute atomic E-state index is 0.0764. The van der Waals surface area contributed by atoms with Gasteiger partial charge in [-0.1, -0.05) is 20.8 Å². The van der Waals surface area contributed by atoms with Crippen LogP contribution in [0.15, 0.2) is 42.7 Å². The highest BCUT2D eigenvalue weighted by molar-refractivity contribution is 6.03. The normalized spacial score (nSPS) is 13.9. The van der Waals surface area contributed by atoms with Crippen molar-refractivity contribution in [2.75, 3.05) is 36.5 Å². The Morgan fingerprint density at radius 3 is 2.60 bits per heavy atom. The first-order chi connectivity index (χ1) is 16.7. The molecule has 1 N–H and O–H groups in total. The van der Waals surface area contributed by atoms with Crippen LogP contribution in [-0.2, 0) is 10.2 Å². The number of carbonyl (C=O) groups is 1. The molecule has 0 aliphatic carbocycles. The Labute approximate surface area is 205 Å². The minimum Gasteiger partial charge on any atom is -0.378 e. The largest absolute Gasteiger partial charge is 0.378 e. The summed E-state index contributed by atoms with van der Waals surface area (Å²) < 4.78 is 20.3. The summed E-state index contributed by atoms with van der Waals surface area (Å²) in [6.07, 6.45) is 8.97. The Kier molecular flexibility index (Phi) is 6.86. The van der Waals surface area contributed by atoms with Crippen molar-refractivity contribution >= 4 is 17.3 Å². The lowest BCUT2D eigenvalue weighted by Gasteiger charge is -2.29. The number of aromatic nitrogens is 2. The second kappa shape index (κ2) is 9.85. The van der Waals surface area contributed by atoms with Gasteiger partial charge in [0.2, 0.25) is 0 Å². The third-order valence-corrected chi connectivity index (χ3v) is 6.09. The van der Waals surface area contributed by atoms with E-state index in [2.05, 4.69) is 46.9 Å². The molecule has 2 aromatic heterocycles. The summed E-state index contributed by atoms with van der Waals surface area (Å²) in [5.74, 6) is 1.66. The standard InChI is InChI=1S/C28H29FN4O2/c1-6-23-26(33-9-11-35-12-10-33)14-19(17-31-23)21-16-24(22(29)13-18(21)2)32-27(34)25-15-20(7-8-30-25)28(3,4)5/h1,7-8,13-17H,9-12H2,2-5H3,(H,32,34). The molecule has 0 atom stereocenters. The monoisotopic (exact) mass is 472 g/mol. The molecular formula is C28H29FN4O2. The molecule has 4 rings (SSSR count). The zero-order valence-electron chi connectivity index (χ0n) is 20.5. The molecule has 0 spiro atoms.